The largest absolute Gasteiger partial charge is 0.477 e. The number of aromatic nitrogens is 5. The van der Waals surface area contributed by atoms with Crippen molar-refractivity contribution >= 4 is 69.4 Å². The highest BCUT2D eigenvalue weighted by atomic mass is 32.2. The number of nitrogen functional groups attached to an aromatic ring is 2. The van der Waals surface area contributed by atoms with Gasteiger partial charge in [0, 0.05) is 29.9 Å². The maximum absolute atomic E-state index is 13.2. The van der Waals surface area contributed by atoms with Crippen LogP contribution in [0.5, 0.6) is 0 Å². The molecule has 3 aliphatic rings. The predicted octanol–water partition coefficient (Wildman–Crippen LogP) is -2.43. The van der Waals surface area contributed by atoms with Crippen LogP contribution < -0.4 is 22.2 Å². The average Bonchev–Trinajstić information content (AvgIpc) is 3.62. The number of hydrogen-bond acceptors (Lipinski definition) is 15. The first-order valence-electron chi connectivity index (χ1n) is 10.8. The van der Waals surface area contributed by atoms with E-state index >= 15 is 0 Å². The number of carboxylic acid groups (broad SMARTS) is 1. The van der Waals surface area contributed by atoms with Crippen molar-refractivity contribution in [2.24, 2.45) is 5.16 Å². The summed E-state index contributed by atoms with van der Waals surface area (Å²) in [5, 5.41) is 30.9. The maximum Gasteiger partial charge on any atom is 0.352 e. The molecule has 2 saturated heterocycles. The molecule has 7 N–H and O–H groups in total. The third-order valence-corrected chi connectivity index (χ3v) is 8.66. The lowest BCUT2D eigenvalue weighted by atomic mass is 10.0. The Bertz CT molecular complexity index is 1370. The Labute approximate surface area is 225 Å². The Morgan fingerprint density at radius 2 is 2.21 bits per heavy atom. The van der Waals surface area contributed by atoms with Crippen LogP contribution in [-0.2, 0) is 24.0 Å². The lowest BCUT2D eigenvalue weighted by molar-refractivity contribution is -0.150. The van der Waals surface area contributed by atoms with Crippen LogP contribution in [0.4, 0.5) is 5.13 Å². The van der Waals surface area contributed by atoms with Crippen molar-refractivity contribution in [3.8, 4) is 0 Å². The number of thiazole rings is 1. The number of hydrogen-bond donors (Lipinski definition) is 5. The highest BCUT2D eigenvalue weighted by molar-refractivity contribution is 8.01. The molecule has 3 aliphatic heterocycles. The van der Waals surface area contributed by atoms with Gasteiger partial charge in [0.1, 0.15) is 22.8 Å². The number of β-lactam (4-membered cyclic amide) rings is 1. The van der Waals surface area contributed by atoms with Crippen molar-refractivity contribution in [1.29, 1.82) is 0 Å². The summed E-state index contributed by atoms with van der Waals surface area (Å²) in [6, 6.07) is -1.02. The van der Waals surface area contributed by atoms with Crippen LogP contribution in [0.15, 0.2) is 27.0 Å². The van der Waals surface area contributed by atoms with Gasteiger partial charge in [-0.3, -0.25) is 19.3 Å². The van der Waals surface area contributed by atoms with E-state index in [1.165, 1.54) is 17.1 Å². The minimum Gasteiger partial charge on any atom is -0.477 e. The summed E-state index contributed by atoms with van der Waals surface area (Å²) in [6.45, 7) is 0.415. The van der Waals surface area contributed by atoms with Gasteiger partial charge in [-0.2, -0.15) is 0 Å². The zero-order valence-electron chi connectivity index (χ0n) is 19.1. The number of aliphatic carboxylic acids is 1. The summed E-state index contributed by atoms with van der Waals surface area (Å²) in [4.78, 5) is 61.5. The molecule has 3 amide bonds. The Hall–Kier alpha value is -3.91. The molecule has 0 unspecified atom stereocenters. The number of nitrogens with two attached hydrogens (primary N) is 2. The van der Waals surface area contributed by atoms with Gasteiger partial charge < -0.3 is 32.2 Å². The molecule has 5 rings (SSSR count). The van der Waals surface area contributed by atoms with Crippen LogP contribution in [-0.4, -0.2) is 100 Å². The van der Waals surface area contributed by atoms with Crippen molar-refractivity contribution < 1.29 is 29.1 Å². The first-order chi connectivity index (χ1) is 18.2. The first kappa shape index (κ1) is 25.7. The molecule has 0 aliphatic carbocycles. The van der Waals surface area contributed by atoms with Crippen LogP contribution in [0.1, 0.15) is 12.1 Å². The molecule has 17 nitrogen and oxygen atoms in total. The summed E-state index contributed by atoms with van der Waals surface area (Å²) < 4.78 is 0. The fraction of sp³-hybridized carbons (Fsp3) is 0.389. The number of anilines is 1. The summed E-state index contributed by atoms with van der Waals surface area (Å²) in [5.74, 6) is 3.04. The maximum atomic E-state index is 13.2. The normalized spacial score (nSPS) is 23.1. The molecule has 2 fully saturated rings. The van der Waals surface area contributed by atoms with Crippen molar-refractivity contribution in [3.05, 3.63) is 22.3 Å². The molecule has 0 saturated carbocycles. The second kappa shape index (κ2) is 10.5. The van der Waals surface area contributed by atoms with Crippen molar-refractivity contribution in [1.82, 2.24) is 40.8 Å². The molecule has 20 heteroatoms. The molecule has 38 heavy (non-hydrogen) atoms. The molecule has 0 aromatic carbocycles. The van der Waals surface area contributed by atoms with Gasteiger partial charge >= 0.3 is 5.97 Å². The monoisotopic (exact) mass is 581 g/mol. The van der Waals surface area contributed by atoms with Crippen molar-refractivity contribution in [2.45, 2.75) is 29.1 Å². The van der Waals surface area contributed by atoms with Crippen LogP contribution in [0.2, 0.25) is 0 Å². The highest BCUT2D eigenvalue weighted by Crippen LogP contribution is 2.41. The summed E-state index contributed by atoms with van der Waals surface area (Å²) in [7, 11) is 0. The van der Waals surface area contributed by atoms with Gasteiger partial charge in [0.05, 0.1) is 0 Å². The zero-order valence-corrected chi connectivity index (χ0v) is 21.6. The van der Waals surface area contributed by atoms with E-state index in [2.05, 4.69) is 36.3 Å². The van der Waals surface area contributed by atoms with E-state index in [-0.39, 0.29) is 44.8 Å². The Kier molecular flexibility index (Phi) is 7.08. The van der Waals surface area contributed by atoms with Gasteiger partial charge in [0.2, 0.25) is 11.3 Å². The summed E-state index contributed by atoms with van der Waals surface area (Å²) in [6.07, 6.45) is -0.497. The number of rotatable bonds is 9. The lowest BCUT2D eigenvalue weighted by Gasteiger charge is -2.49. The van der Waals surface area contributed by atoms with Crippen LogP contribution in [0, 0.1) is 0 Å². The van der Waals surface area contributed by atoms with E-state index < -0.39 is 35.3 Å². The van der Waals surface area contributed by atoms with Crippen molar-refractivity contribution in [2.75, 3.05) is 29.6 Å². The number of carbonyl (C=O) groups is 4. The standard InChI is InChI=1S/C18H19N11O6S3/c19-17-22-7(5-37-17)9(25-35-8-1-2-21-12(8)30)13(31)23-10-14(32)28-11(16(33)34)6(3-36-15(10)28)4-38-18-24-26-27-29(18)20/h5,8,10,15H,1-4,20H2,(H2,19,22)(H,21,30)(H,23,31)(H,33,34)/t8-,10-,15+/m1/s1. The Balaban J connectivity index is 1.31. The highest BCUT2D eigenvalue weighted by Gasteiger charge is 2.54. The number of nitrogens with one attached hydrogen (secondary N) is 2. The smallest absolute Gasteiger partial charge is 0.352 e. The van der Waals surface area contributed by atoms with Crippen LogP contribution in [0.3, 0.4) is 0 Å². The lowest BCUT2D eigenvalue weighted by Crippen LogP contribution is -2.71. The topological polar surface area (TPSA) is 246 Å². The minimum atomic E-state index is -1.28. The van der Waals surface area contributed by atoms with E-state index in [1.807, 2.05) is 0 Å². The number of fused-ring (bicyclic) bond motifs is 1. The van der Waals surface area contributed by atoms with Crippen LogP contribution >= 0.6 is 34.9 Å². The molecule has 0 spiro atoms. The first-order valence-corrected chi connectivity index (χ1v) is 13.8. The van der Waals surface area contributed by atoms with E-state index in [9.17, 15) is 24.3 Å². The molecule has 5 heterocycles. The molecular weight excluding hydrogens is 562 g/mol. The fourth-order valence-corrected chi connectivity index (χ4v) is 6.65. The molecular formula is C18H19N11O6S3. The second-order valence-electron chi connectivity index (χ2n) is 8.00. The quantitative estimate of drug-likeness (QED) is 0.0679. The zero-order chi connectivity index (χ0) is 27.0. The molecule has 200 valence electrons. The number of carboxylic acids is 1. The molecule has 2 aromatic rings. The molecule has 3 atom stereocenters. The number of amides is 3. The number of carbonyl (C=O) groups excluding carboxylic acids is 3. The van der Waals surface area contributed by atoms with Gasteiger partial charge in [0.25, 0.3) is 17.7 Å². The third-order valence-electron chi connectivity index (χ3n) is 5.62. The van der Waals surface area contributed by atoms with Gasteiger partial charge in [-0.15, -0.1) is 27.9 Å². The minimum absolute atomic E-state index is 0.107. The summed E-state index contributed by atoms with van der Waals surface area (Å²) >= 11 is 3.49. The number of tetrazole rings is 1. The van der Waals surface area contributed by atoms with E-state index in [1.54, 1.807) is 0 Å². The van der Waals surface area contributed by atoms with E-state index in [0.717, 1.165) is 32.8 Å². The van der Waals surface area contributed by atoms with Gasteiger partial charge in [0.15, 0.2) is 10.8 Å². The van der Waals surface area contributed by atoms with Crippen molar-refractivity contribution in [3.63, 3.8) is 0 Å². The van der Waals surface area contributed by atoms with Gasteiger partial charge in [-0.1, -0.05) is 22.0 Å². The van der Waals surface area contributed by atoms with Crippen LogP contribution in [0.25, 0.3) is 0 Å². The molecule has 0 radical (unpaired) electrons. The SMILES string of the molecule is Nc1nc(C(=NO[C@@H]2CCNC2=O)C(=O)N[C@@H]2C(=O)N3C(C(=O)O)=C(CSc4nnnn4N)CS[C@@H]23)cs1. The number of nitrogens with zero attached hydrogens (tertiary/aromatic N) is 7. The number of oxime groups is 1. The summed E-state index contributed by atoms with van der Waals surface area (Å²) in [5.41, 5.74) is 5.85. The van der Waals surface area contributed by atoms with E-state index in [4.69, 9.17) is 16.4 Å². The second-order valence-corrected chi connectivity index (χ2v) is 10.9. The fourth-order valence-electron chi connectivity index (χ4n) is 3.83. The van der Waals surface area contributed by atoms with Gasteiger partial charge in [-0.25, -0.2) is 9.78 Å². The van der Waals surface area contributed by atoms with Gasteiger partial charge in [-0.05, 0) is 16.0 Å². The predicted molar refractivity (Wildman–Crippen MR) is 134 cm³/mol. The Morgan fingerprint density at radius 1 is 1.39 bits per heavy atom. The number of thioether (sulfide) groups is 2. The Morgan fingerprint density at radius 3 is 2.84 bits per heavy atom. The third kappa shape index (κ3) is 4.84. The molecule has 0 bridgehead atoms. The van der Waals surface area contributed by atoms with E-state index in [0.29, 0.717) is 18.5 Å². The average molecular weight is 582 g/mol. The molecule has 2 aromatic heterocycles.